The lowest BCUT2D eigenvalue weighted by molar-refractivity contribution is 0.133. The molecule has 1 aromatic heterocycles. The molecule has 0 spiro atoms. The Morgan fingerprint density at radius 1 is 1.32 bits per heavy atom. The van der Waals surface area contributed by atoms with Gasteiger partial charge in [0, 0.05) is 45.3 Å². The topological polar surface area (TPSA) is 61.6 Å². The molecule has 1 aliphatic rings. The van der Waals surface area contributed by atoms with Crippen LogP contribution in [0.25, 0.3) is 0 Å². The largest absolute Gasteiger partial charge is 0.364 e. The third-order valence-electron chi connectivity index (χ3n) is 3.92. The van der Waals surface area contributed by atoms with E-state index in [1.807, 2.05) is 11.0 Å². The van der Waals surface area contributed by atoms with E-state index in [2.05, 4.69) is 36.1 Å². The molecule has 0 aliphatic carbocycles. The Labute approximate surface area is 132 Å². The minimum absolute atomic E-state index is 0.0648. The molecule has 0 unspecified atom stereocenters. The number of rotatable bonds is 5. The monoisotopic (exact) mass is 308 g/mol. The fourth-order valence-corrected chi connectivity index (χ4v) is 2.58. The number of amides is 2. The van der Waals surface area contributed by atoms with Crippen LogP contribution in [0.1, 0.15) is 39.3 Å². The van der Waals surface area contributed by atoms with Gasteiger partial charge in [0.05, 0.1) is 5.69 Å². The van der Waals surface area contributed by atoms with E-state index >= 15 is 0 Å². The molecule has 1 fully saturated rings. The molecule has 22 heavy (non-hydrogen) atoms. The molecule has 0 radical (unpaired) electrons. The maximum atomic E-state index is 12.1. The van der Waals surface area contributed by atoms with Crippen LogP contribution in [-0.4, -0.2) is 53.7 Å². The fourth-order valence-electron chi connectivity index (χ4n) is 2.58. The summed E-state index contributed by atoms with van der Waals surface area (Å²) in [5.41, 5.74) is 1.28. The lowest BCUT2D eigenvalue weighted by atomic mass is 9.91. The summed E-state index contributed by atoms with van der Waals surface area (Å²) in [7, 11) is 0. The van der Waals surface area contributed by atoms with Crippen molar-refractivity contribution in [3.8, 4) is 0 Å². The highest BCUT2D eigenvalue weighted by Crippen LogP contribution is 2.19. The van der Waals surface area contributed by atoms with Crippen molar-refractivity contribution >= 4 is 6.03 Å². The van der Waals surface area contributed by atoms with Crippen LogP contribution >= 0.6 is 0 Å². The van der Waals surface area contributed by atoms with Gasteiger partial charge in [-0.2, -0.15) is 0 Å². The van der Waals surface area contributed by atoms with Crippen LogP contribution in [0.5, 0.6) is 0 Å². The summed E-state index contributed by atoms with van der Waals surface area (Å²) < 4.78 is 4.84. The predicted octanol–water partition coefficient (Wildman–Crippen LogP) is 2.33. The van der Waals surface area contributed by atoms with Crippen molar-refractivity contribution in [1.82, 2.24) is 20.3 Å². The lowest BCUT2D eigenvalue weighted by Gasteiger charge is -2.34. The van der Waals surface area contributed by atoms with Gasteiger partial charge in [-0.15, -0.1) is 0 Å². The SMILES string of the molecule is CC(C)(C)CCCNC(=O)N1CCN(Cc2ccon2)CC1. The number of piperazine rings is 1. The van der Waals surface area contributed by atoms with Gasteiger partial charge in [-0.1, -0.05) is 25.9 Å². The zero-order chi connectivity index (χ0) is 16.0. The molecule has 1 N–H and O–H groups in total. The second-order valence-electron chi connectivity index (χ2n) is 7.15. The first-order valence-corrected chi connectivity index (χ1v) is 8.08. The Hall–Kier alpha value is -1.56. The number of carbonyl (C=O) groups excluding carboxylic acids is 1. The predicted molar refractivity (Wildman–Crippen MR) is 85.4 cm³/mol. The zero-order valence-corrected chi connectivity index (χ0v) is 14.0. The Kier molecular flexibility index (Phi) is 5.83. The molecule has 124 valence electrons. The van der Waals surface area contributed by atoms with Crippen LogP contribution in [-0.2, 0) is 6.54 Å². The second kappa shape index (κ2) is 7.63. The highest BCUT2D eigenvalue weighted by Gasteiger charge is 2.21. The van der Waals surface area contributed by atoms with Gasteiger partial charge < -0.3 is 14.7 Å². The summed E-state index contributed by atoms with van der Waals surface area (Å²) in [6.45, 7) is 11.5. The van der Waals surface area contributed by atoms with Crippen molar-refractivity contribution < 1.29 is 9.32 Å². The number of nitrogens with zero attached hydrogens (tertiary/aromatic N) is 3. The number of hydrogen-bond acceptors (Lipinski definition) is 4. The molecule has 2 amide bonds. The normalized spacial score (nSPS) is 16.8. The van der Waals surface area contributed by atoms with E-state index in [-0.39, 0.29) is 6.03 Å². The van der Waals surface area contributed by atoms with Crippen molar-refractivity contribution in [1.29, 1.82) is 0 Å². The first kappa shape index (κ1) is 16.8. The minimum Gasteiger partial charge on any atom is -0.364 e. The Bertz CT molecular complexity index is 445. The van der Waals surface area contributed by atoms with Crippen LogP contribution in [0.3, 0.4) is 0 Å². The van der Waals surface area contributed by atoms with Gasteiger partial charge in [0.25, 0.3) is 0 Å². The molecule has 0 saturated carbocycles. The smallest absolute Gasteiger partial charge is 0.317 e. The average Bonchev–Trinajstić information content (AvgIpc) is 2.96. The van der Waals surface area contributed by atoms with E-state index in [0.29, 0.717) is 5.41 Å². The molecule has 6 heteroatoms. The van der Waals surface area contributed by atoms with E-state index in [1.54, 1.807) is 6.26 Å². The number of nitrogens with one attached hydrogen (secondary N) is 1. The van der Waals surface area contributed by atoms with Gasteiger partial charge in [-0.25, -0.2) is 4.79 Å². The van der Waals surface area contributed by atoms with Crippen molar-refractivity contribution in [2.75, 3.05) is 32.7 Å². The second-order valence-corrected chi connectivity index (χ2v) is 7.15. The molecule has 0 bridgehead atoms. The van der Waals surface area contributed by atoms with Gasteiger partial charge in [0.15, 0.2) is 0 Å². The average molecular weight is 308 g/mol. The van der Waals surface area contributed by atoms with E-state index in [9.17, 15) is 4.79 Å². The van der Waals surface area contributed by atoms with Crippen molar-refractivity contribution in [2.24, 2.45) is 5.41 Å². The zero-order valence-electron chi connectivity index (χ0n) is 14.0. The van der Waals surface area contributed by atoms with Gasteiger partial charge in [0.2, 0.25) is 0 Å². The van der Waals surface area contributed by atoms with Gasteiger partial charge in [-0.3, -0.25) is 4.90 Å². The highest BCUT2D eigenvalue weighted by atomic mass is 16.5. The van der Waals surface area contributed by atoms with Crippen LogP contribution < -0.4 is 5.32 Å². The first-order valence-electron chi connectivity index (χ1n) is 8.08. The van der Waals surface area contributed by atoms with Gasteiger partial charge >= 0.3 is 6.03 Å². The molecule has 1 aliphatic heterocycles. The van der Waals surface area contributed by atoms with E-state index in [0.717, 1.165) is 57.8 Å². The quantitative estimate of drug-likeness (QED) is 0.848. The third-order valence-corrected chi connectivity index (χ3v) is 3.92. The van der Waals surface area contributed by atoms with Crippen molar-refractivity contribution in [3.05, 3.63) is 18.0 Å². The lowest BCUT2D eigenvalue weighted by Crippen LogP contribution is -2.51. The molecule has 6 nitrogen and oxygen atoms in total. The van der Waals surface area contributed by atoms with Crippen molar-refractivity contribution in [2.45, 2.75) is 40.2 Å². The molecule has 0 atom stereocenters. The standard InChI is InChI=1S/C16H28N4O2/c1-16(2,3)6-4-7-17-15(21)20-10-8-19(9-11-20)13-14-5-12-22-18-14/h5,12H,4,6-11,13H2,1-3H3,(H,17,21). The van der Waals surface area contributed by atoms with Crippen LogP contribution in [0.15, 0.2) is 16.9 Å². The maximum Gasteiger partial charge on any atom is 0.317 e. The minimum atomic E-state index is 0.0648. The number of urea groups is 1. The van der Waals surface area contributed by atoms with Gasteiger partial charge in [-0.05, 0) is 18.3 Å². The Morgan fingerprint density at radius 3 is 2.64 bits per heavy atom. The summed E-state index contributed by atoms with van der Waals surface area (Å²) in [6.07, 6.45) is 3.75. The number of carbonyl (C=O) groups is 1. The van der Waals surface area contributed by atoms with Crippen LogP contribution in [0, 0.1) is 5.41 Å². The Morgan fingerprint density at radius 2 is 2.05 bits per heavy atom. The third kappa shape index (κ3) is 5.67. The summed E-state index contributed by atoms with van der Waals surface area (Å²) >= 11 is 0. The fraction of sp³-hybridized carbons (Fsp3) is 0.750. The summed E-state index contributed by atoms with van der Waals surface area (Å²) in [5.74, 6) is 0. The molecule has 1 saturated heterocycles. The van der Waals surface area contributed by atoms with Gasteiger partial charge in [0.1, 0.15) is 6.26 Å². The van der Waals surface area contributed by atoms with Crippen LogP contribution in [0.4, 0.5) is 4.79 Å². The molecular weight excluding hydrogens is 280 g/mol. The van der Waals surface area contributed by atoms with E-state index in [4.69, 9.17) is 4.52 Å². The highest BCUT2D eigenvalue weighted by molar-refractivity contribution is 5.74. The van der Waals surface area contributed by atoms with E-state index in [1.165, 1.54) is 0 Å². The molecular formula is C16H28N4O2. The van der Waals surface area contributed by atoms with E-state index < -0.39 is 0 Å². The Balaban J connectivity index is 1.62. The summed E-state index contributed by atoms with van der Waals surface area (Å²) in [6, 6.07) is 1.95. The maximum absolute atomic E-state index is 12.1. The first-order chi connectivity index (χ1) is 10.4. The molecule has 2 rings (SSSR count). The molecule has 1 aromatic rings. The summed E-state index contributed by atoms with van der Waals surface area (Å²) in [5, 5.41) is 6.95. The number of hydrogen-bond donors (Lipinski definition) is 1. The van der Waals surface area contributed by atoms with Crippen molar-refractivity contribution in [3.63, 3.8) is 0 Å². The number of aromatic nitrogens is 1. The molecule has 2 heterocycles. The molecule has 0 aromatic carbocycles. The van der Waals surface area contributed by atoms with Crippen LogP contribution in [0.2, 0.25) is 0 Å². The summed E-state index contributed by atoms with van der Waals surface area (Å²) in [4.78, 5) is 16.3.